The van der Waals surface area contributed by atoms with Crippen molar-refractivity contribution in [2.75, 3.05) is 5.32 Å². The number of pyridine rings is 1. The predicted octanol–water partition coefficient (Wildman–Crippen LogP) is 2.87. The number of nitrogens with zero attached hydrogens (tertiary/aromatic N) is 2. The van der Waals surface area contributed by atoms with Crippen LogP contribution >= 0.6 is 0 Å². The van der Waals surface area contributed by atoms with Crippen molar-refractivity contribution in [1.82, 2.24) is 4.98 Å². The molecule has 0 saturated carbocycles. The van der Waals surface area contributed by atoms with Gasteiger partial charge in [0.15, 0.2) is 0 Å². The molecular formula is C14H16N4O. The molecule has 0 atom stereocenters. The van der Waals surface area contributed by atoms with Crippen LogP contribution in [0.1, 0.15) is 19.4 Å². The number of rotatable bonds is 6. The Morgan fingerprint density at radius 2 is 2.37 bits per heavy atom. The lowest BCUT2D eigenvalue weighted by Gasteiger charge is -2.12. The van der Waals surface area contributed by atoms with Crippen LogP contribution < -0.4 is 10.1 Å². The van der Waals surface area contributed by atoms with Gasteiger partial charge in [-0.25, -0.2) is 4.98 Å². The first-order chi connectivity index (χ1) is 9.10. The quantitative estimate of drug-likeness (QED) is 0.605. The van der Waals surface area contributed by atoms with Crippen LogP contribution in [0.25, 0.3) is 0 Å². The van der Waals surface area contributed by atoms with Crippen molar-refractivity contribution in [3.8, 4) is 11.8 Å². The van der Waals surface area contributed by atoms with Gasteiger partial charge in [-0.05, 0) is 13.8 Å². The smallest absolute Gasteiger partial charge is 0.142 e. The van der Waals surface area contributed by atoms with Gasteiger partial charge < -0.3 is 15.5 Å². The van der Waals surface area contributed by atoms with E-state index in [1.54, 1.807) is 18.3 Å². The fourth-order valence-corrected chi connectivity index (χ4v) is 1.27. The van der Waals surface area contributed by atoms with Gasteiger partial charge in [0.2, 0.25) is 0 Å². The van der Waals surface area contributed by atoms with Gasteiger partial charge in [-0.2, -0.15) is 5.26 Å². The highest BCUT2D eigenvalue weighted by Crippen LogP contribution is 2.21. The number of ether oxygens (including phenoxy) is 1. The predicted molar refractivity (Wildman–Crippen MR) is 75.4 cm³/mol. The summed E-state index contributed by atoms with van der Waals surface area (Å²) in [6.07, 6.45) is 5.76. The molecule has 2 N–H and O–H groups in total. The molecule has 1 aromatic rings. The summed E-state index contributed by atoms with van der Waals surface area (Å²) in [6.45, 7) is 7.36. The molecule has 98 valence electrons. The van der Waals surface area contributed by atoms with E-state index in [1.165, 1.54) is 12.4 Å². The summed E-state index contributed by atoms with van der Waals surface area (Å²) >= 11 is 0. The Hall–Kier alpha value is -2.61. The van der Waals surface area contributed by atoms with Gasteiger partial charge in [0, 0.05) is 24.1 Å². The maximum Gasteiger partial charge on any atom is 0.142 e. The molecule has 0 amide bonds. The van der Waals surface area contributed by atoms with E-state index in [4.69, 9.17) is 15.4 Å². The summed E-state index contributed by atoms with van der Waals surface area (Å²) in [5.41, 5.74) is 1.01. The molecule has 0 aliphatic rings. The van der Waals surface area contributed by atoms with Gasteiger partial charge in [-0.3, -0.25) is 0 Å². The van der Waals surface area contributed by atoms with Crippen LogP contribution in [0.5, 0.6) is 5.75 Å². The van der Waals surface area contributed by atoms with Crippen LogP contribution in [0, 0.1) is 16.7 Å². The molecular weight excluding hydrogens is 240 g/mol. The first-order valence-electron chi connectivity index (χ1n) is 5.77. The minimum Gasteiger partial charge on any atom is -0.489 e. The number of nitriles is 1. The average molecular weight is 256 g/mol. The SMILES string of the molecule is C=C/C(C=N)=C/Nc1cc(OC(C)C)c(C#N)cn1. The zero-order chi connectivity index (χ0) is 14.3. The van der Waals surface area contributed by atoms with Crippen LogP contribution in [0.15, 0.2) is 36.7 Å². The van der Waals surface area contributed by atoms with Crippen molar-refractivity contribution in [1.29, 1.82) is 10.7 Å². The Balaban J connectivity index is 2.98. The summed E-state index contributed by atoms with van der Waals surface area (Å²) in [4.78, 5) is 4.09. The Morgan fingerprint density at radius 1 is 1.63 bits per heavy atom. The van der Waals surface area contributed by atoms with Gasteiger partial charge >= 0.3 is 0 Å². The summed E-state index contributed by atoms with van der Waals surface area (Å²) in [6, 6.07) is 3.68. The molecule has 0 bridgehead atoms. The van der Waals surface area contributed by atoms with Gasteiger partial charge in [0.1, 0.15) is 23.2 Å². The fraction of sp³-hybridized carbons (Fsp3) is 0.214. The van der Waals surface area contributed by atoms with Crippen molar-refractivity contribution in [2.45, 2.75) is 20.0 Å². The first kappa shape index (κ1) is 14.5. The molecule has 5 heteroatoms. The van der Waals surface area contributed by atoms with Crippen molar-refractivity contribution in [2.24, 2.45) is 0 Å². The molecule has 0 spiro atoms. The van der Waals surface area contributed by atoms with Crippen LogP contribution in [-0.2, 0) is 0 Å². The Labute approximate surface area is 112 Å². The molecule has 0 saturated heterocycles. The van der Waals surface area contributed by atoms with Crippen molar-refractivity contribution < 1.29 is 4.74 Å². The minimum atomic E-state index is -0.0248. The molecule has 0 fully saturated rings. The number of hydrogen-bond acceptors (Lipinski definition) is 5. The molecule has 19 heavy (non-hydrogen) atoms. The van der Waals surface area contributed by atoms with E-state index in [1.807, 2.05) is 19.9 Å². The summed E-state index contributed by atoms with van der Waals surface area (Å²) in [5.74, 6) is 1.02. The number of nitrogens with one attached hydrogen (secondary N) is 2. The number of aromatic nitrogens is 1. The minimum absolute atomic E-state index is 0.0248. The molecule has 1 rings (SSSR count). The zero-order valence-electron chi connectivity index (χ0n) is 11.0. The van der Waals surface area contributed by atoms with E-state index >= 15 is 0 Å². The molecule has 0 unspecified atom stereocenters. The third-order valence-corrected chi connectivity index (χ3v) is 2.14. The standard InChI is InChI=1S/C14H16N4O/c1-4-11(6-15)8-17-14-5-13(19-10(2)3)12(7-16)9-18-14/h4-6,8-10,15H,1H2,2-3H3,(H,17,18)/b11-8-,15-6?. The van der Waals surface area contributed by atoms with Gasteiger partial charge in [-0.15, -0.1) is 0 Å². The van der Waals surface area contributed by atoms with Crippen LogP contribution in [0.4, 0.5) is 5.82 Å². The van der Waals surface area contributed by atoms with E-state index in [-0.39, 0.29) is 6.10 Å². The lowest BCUT2D eigenvalue weighted by Crippen LogP contribution is -2.07. The summed E-state index contributed by atoms with van der Waals surface area (Å²) < 4.78 is 5.55. The second kappa shape index (κ2) is 6.97. The molecule has 0 aromatic carbocycles. The Kier molecular flexibility index (Phi) is 5.30. The third kappa shape index (κ3) is 4.28. The first-order valence-corrected chi connectivity index (χ1v) is 5.77. The average Bonchev–Trinajstić information content (AvgIpc) is 2.39. The largest absolute Gasteiger partial charge is 0.489 e. The van der Waals surface area contributed by atoms with Gasteiger partial charge in [0.05, 0.1) is 12.3 Å². The van der Waals surface area contributed by atoms with E-state index in [0.717, 1.165) is 0 Å². The van der Waals surface area contributed by atoms with E-state index < -0.39 is 0 Å². The van der Waals surface area contributed by atoms with Crippen LogP contribution in [0.2, 0.25) is 0 Å². The normalized spacial score (nSPS) is 10.7. The Bertz CT molecular complexity index is 531. The summed E-state index contributed by atoms with van der Waals surface area (Å²) in [5, 5.41) is 19.0. The van der Waals surface area contributed by atoms with Crippen molar-refractivity contribution in [3.05, 3.63) is 42.3 Å². The lowest BCUT2D eigenvalue weighted by atomic mass is 10.2. The van der Waals surface area contributed by atoms with E-state index in [0.29, 0.717) is 22.7 Å². The van der Waals surface area contributed by atoms with Crippen molar-refractivity contribution >= 4 is 12.0 Å². The van der Waals surface area contributed by atoms with E-state index in [2.05, 4.69) is 16.9 Å². The number of hydrogen-bond donors (Lipinski definition) is 2. The molecule has 1 heterocycles. The second-order valence-electron chi connectivity index (χ2n) is 3.98. The highest BCUT2D eigenvalue weighted by molar-refractivity contribution is 5.80. The van der Waals surface area contributed by atoms with E-state index in [9.17, 15) is 0 Å². The lowest BCUT2D eigenvalue weighted by molar-refractivity contribution is 0.241. The molecule has 5 nitrogen and oxygen atoms in total. The number of allylic oxidation sites excluding steroid dienone is 2. The molecule has 0 aliphatic carbocycles. The van der Waals surface area contributed by atoms with Gasteiger partial charge in [-0.1, -0.05) is 12.7 Å². The second-order valence-corrected chi connectivity index (χ2v) is 3.98. The monoisotopic (exact) mass is 256 g/mol. The molecule has 0 aliphatic heterocycles. The fourth-order valence-electron chi connectivity index (χ4n) is 1.27. The maximum atomic E-state index is 8.97. The zero-order valence-corrected chi connectivity index (χ0v) is 11.0. The van der Waals surface area contributed by atoms with Crippen molar-refractivity contribution in [3.63, 3.8) is 0 Å². The molecule has 1 aromatic heterocycles. The van der Waals surface area contributed by atoms with Crippen LogP contribution in [-0.4, -0.2) is 17.3 Å². The highest BCUT2D eigenvalue weighted by atomic mass is 16.5. The van der Waals surface area contributed by atoms with Gasteiger partial charge in [0.25, 0.3) is 0 Å². The molecule has 0 radical (unpaired) electrons. The topological polar surface area (TPSA) is 81.8 Å². The maximum absolute atomic E-state index is 8.97. The highest BCUT2D eigenvalue weighted by Gasteiger charge is 2.07. The summed E-state index contributed by atoms with van der Waals surface area (Å²) in [7, 11) is 0. The number of anilines is 1. The van der Waals surface area contributed by atoms with Crippen LogP contribution in [0.3, 0.4) is 0 Å². The third-order valence-electron chi connectivity index (χ3n) is 2.14. The Morgan fingerprint density at radius 3 is 2.89 bits per heavy atom.